The zero-order valence-electron chi connectivity index (χ0n) is 7.63. The van der Waals surface area contributed by atoms with Crippen LogP contribution in [0, 0.1) is 0 Å². The van der Waals surface area contributed by atoms with Crippen molar-refractivity contribution < 1.29 is 0 Å². The predicted octanol–water partition coefficient (Wildman–Crippen LogP) is 3.76. The maximum Gasteiger partial charge on any atom is 0.0421 e. The van der Waals surface area contributed by atoms with Gasteiger partial charge in [-0.15, -0.1) is 0 Å². The highest BCUT2D eigenvalue weighted by Crippen LogP contribution is 2.43. The lowest BCUT2D eigenvalue weighted by Crippen LogP contribution is -2.02. The Morgan fingerprint density at radius 1 is 1.29 bits per heavy atom. The van der Waals surface area contributed by atoms with Gasteiger partial charge in [-0.25, -0.2) is 0 Å². The number of hydrogen-bond donors (Lipinski definition) is 1. The molecular weight excluding hydrogens is 238 g/mol. The van der Waals surface area contributed by atoms with E-state index in [9.17, 15) is 0 Å². The van der Waals surface area contributed by atoms with Gasteiger partial charge in [0.1, 0.15) is 0 Å². The highest BCUT2D eigenvalue weighted by atomic mass is 79.9. The summed E-state index contributed by atoms with van der Waals surface area (Å²) in [4.78, 5) is 0. The summed E-state index contributed by atoms with van der Waals surface area (Å²) in [7, 11) is 0. The minimum Gasteiger partial charge on any atom is -0.358 e. The van der Waals surface area contributed by atoms with Gasteiger partial charge in [0, 0.05) is 21.8 Å². The second-order valence-corrected chi connectivity index (χ2v) is 4.60. The molecule has 0 bridgehead atoms. The molecule has 0 amide bonds. The molecule has 0 saturated carbocycles. The first-order valence-corrected chi connectivity index (χ1v) is 5.57. The minimum atomic E-state index is 0.549. The highest BCUT2D eigenvalue weighted by molar-refractivity contribution is 9.11. The fourth-order valence-electron chi connectivity index (χ4n) is 2.15. The molecule has 1 atom stereocenters. The van der Waals surface area contributed by atoms with E-state index in [1.165, 1.54) is 21.4 Å². The number of nitrogens with one attached hydrogen (secondary N) is 1. The standard InChI is InChI=1S/C12H10BrN/c13-8-5-6-10-9-3-1-2-4-11(9)14-12(10)7-8/h1-5,7,10,14H,6H2. The second kappa shape index (κ2) is 2.99. The summed E-state index contributed by atoms with van der Waals surface area (Å²) in [6, 6.07) is 8.53. The van der Waals surface area contributed by atoms with Crippen LogP contribution in [0.2, 0.25) is 0 Å². The van der Waals surface area contributed by atoms with E-state index in [0.717, 1.165) is 6.42 Å². The van der Waals surface area contributed by atoms with Gasteiger partial charge in [-0.3, -0.25) is 0 Å². The fourth-order valence-corrected chi connectivity index (χ4v) is 2.59. The molecule has 2 aliphatic rings. The van der Waals surface area contributed by atoms with Crippen LogP contribution in [0.25, 0.3) is 0 Å². The largest absolute Gasteiger partial charge is 0.358 e. The molecule has 1 aromatic carbocycles. The van der Waals surface area contributed by atoms with E-state index in [1.807, 2.05) is 0 Å². The molecule has 1 N–H and O–H groups in total. The molecule has 1 unspecified atom stereocenters. The SMILES string of the molecule is BrC1=CCC2C(=C1)Nc1ccccc12. The minimum absolute atomic E-state index is 0.549. The lowest BCUT2D eigenvalue weighted by molar-refractivity contribution is 0.834. The van der Waals surface area contributed by atoms with Gasteiger partial charge in [-0.1, -0.05) is 40.2 Å². The predicted molar refractivity (Wildman–Crippen MR) is 62.5 cm³/mol. The van der Waals surface area contributed by atoms with Crippen molar-refractivity contribution in [2.24, 2.45) is 0 Å². The average molecular weight is 248 g/mol. The number of hydrogen-bond acceptors (Lipinski definition) is 1. The van der Waals surface area contributed by atoms with E-state index in [1.54, 1.807) is 0 Å². The van der Waals surface area contributed by atoms with Crippen molar-refractivity contribution in [3.63, 3.8) is 0 Å². The van der Waals surface area contributed by atoms with E-state index in [-0.39, 0.29) is 0 Å². The molecule has 0 saturated heterocycles. The van der Waals surface area contributed by atoms with Crippen LogP contribution in [0.3, 0.4) is 0 Å². The Morgan fingerprint density at radius 3 is 3.07 bits per heavy atom. The van der Waals surface area contributed by atoms with Crippen molar-refractivity contribution >= 4 is 21.6 Å². The summed E-state index contributed by atoms with van der Waals surface area (Å²) < 4.78 is 1.18. The molecule has 0 fully saturated rings. The molecule has 1 nitrogen and oxygen atoms in total. The number of anilines is 1. The third kappa shape index (κ3) is 1.14. The number of benzene rings is 1. The van der Waals surface area contributed by atoms with Gasteiger partial charge in [0.05, 0.1) is 0 Å². The number of rotatable bonds is 0. The molecule has 2 heteroatoms. The Bertz CT molecular complexity index is 445. The third-order valence-electron chi connectivity index (χ3n) is 2.83. The summed E-state index contributed by atoms with van der Waals surface area (Å²) in [5.74, 6) is 0.549. The van der Waals surface area contributed by atoms with Gasteiger partial charge >= 0.3 is 0 Å². The quantitative estimate of drug-likeness (QED) is 0.737. The number of allylic oxidation sites excluding steroid dienone is 4. The molecule has 0 aromatic heterocycles. The van der Waals surface area contributed by atoms with Crippen molar-refractivity contribution in [1.82, 2.24) is 0 Å². The molecule has 1 aliphatic carbocycles. The lowest BCUT2D eigenvalue weighted by atomic mass is 9.92. The molecule has 0 radical (unpaired) electrons. The van der Waals surface area contributed by atoms with E-state index in [2.05, 4.69) is 57.7 Å². The van der Waals surface area contributed by atoms with Gasteiger partial charge in [0.25, 0.3) is 0 Å². The topological polar surface area (TPSA) is 12.0 Å². The Labute approximate surface area is 91.6 Å². The number of halogens is 1. The van der Waals surface area contributed by atoms with Crippen LogP contribution in [-0.2, 0) is 0 Å². The smallest absolute Gasteiger partial charge is 0.0421 e. The van der Waals surface area contributed by atoms with E-state index >= 15 is 0 Å². The van der Waals surface area contributed by atoms with Gasteiger partial charge in [-0.05, 0) is 24.1 Å². The lowest BCUT2D eigenvalue weighted by Gasteiger charge is -2.14. The zero-order valence-corrected chi connectivity index (χ0v) is 9.21. The van der Waals surface area contributed by atoms with Crippen LogP contribution in [0.15, 0.2) is 46.6 Å². The maximum absolute atomic E-state index is 3.51. The molecule has 1 aromatic rings. The van der Waals surface area contributed by atoms with Crippen LogP contribution in [0.4, 0.5) is 5.69 Å². The molecule has 3 rings (SSSR count). The van der Waals surface area contributed by atoms with Crippen LogP contribution in [0.1, 0.15) is 17.9 Å². The van der Waals surface area contributed by atoms with E-state index in [0.29, 0.717) is 5.92 Å². The average Bonchev–Trinajstić information content (AvgIpc) is 2.54. The Balaban J connectivity index is 2.09. The normalized spacial score (nSPS) is 23.1. The van der Waals surface area contributed by atoms with E-state index < -0.39 is 0 Å². The summed E-state index contributed by atoms with van der Waals surface area (Å²) in [5.41, 5.74) is 4.01. The van der Waals surface area contributed by atoms with Crippen molar-refractivity contribution in [3.05, 3.63) is 52.2 Å². The summed E-state index contributed by atoms with van der Waals surface area (Å²) in [6.07, 6.45) is 5.50. The van der Waals surface area contributed by atoms with Crippen LogP contribution >= 0.6 is 15.9 Å². The van der Waals surface area contributed by atoms with Crippen LogP contribution < -0.4 is 5.32 Å². The summed E-state index contributed by atoms with van der Waals surface area (Å²) >= 11 is 3.51. The Morgan fingerprint density at radius 2 is 2.14 bits per heavy atom. The molecule has 14 heavy (non-hydrogen) atoms. The first-order chi connectivity index (χ1) is 6.84. The molecule has 1 heterocycles. The molecular formula is C12H10BrN. The highest BCUT2D eigenvalue weighted by Gasteiger charge is 2.27. The summed E-state index contributed by atoms with van der Waals surface area (Å²) in [6.45, 7) is 0. The monoisotopic (exact) mass is 247 g/mol. The first-order valence-electron chi connectivity index (χ1n) is 4.78. The molecule has 70 valence electrons. The second-order valence-electron chi connectivity index (χ2n) is 3.69. The van der Waals surface area contributed by atoms with Crippen molar-refractivity contribution in [3.8, 4) is 0 Å². The molecule has 1 aliphatic heterocycles. The van der Waals surface area contributed by atoms with Crippen molar-refractivity contribution in [2.75, 3.05) is 5.32 Å². The first kappa shape index (κ1) is 8.30. The number of fused-ring (bicyclic) bond motifs is 3. The van der Waals surface area contributed by atoms with Crippen LogP contribution in [-0.4, -0.2) is 0 Å². The van der Waals surface area contributed by atoms with Crippen molar-refractivity contribution in [1.29, 1.82) is 0 Å². The Kier molecular flexibility index (Phi) is 1.77. The van der Waals surface area contributed by atoms with Gasteiger partial charge in [-0.2, -0.15) is 0 Å². The third-order valence-corrected chi connectivity index (χ3v) is 3.39. The maximum atomic E-state index is 3.51. The van der Waals surface area contributed by atoms with E-state index in [4.69, 9.17) is 0 Å². The van der Waals surface area contributed by atoms with Gasteiger partial charge in [0.2, 0.25) is 0 Å². The zero-order chi connectivity index (χ0) is 9.54. The number of para-hydroxylation sites is 1. The Hall–Kier alpha value is -1.02. The van der Waals surface area contributed by atoms with Crippen LogP contribution in [0.5, 0.6) is 0 Å². The fraction of sp³-hybridized carbons (Fsp3) is 0.167. The van der Waals surface area contributed by atoms with Gasteiger partial charge < -0.3 is 5.32 Å². The van der Waals surface area contributed by atoms with Gasteiger partial charge in [0.15, 0.2) is 0 Å². The van der Waals surface area contributed by atoms with Crippen molar-refractivity contribution in [2.45, 2.75) is 12.3 Å². The molecule has 0 spiro atoms. The summed E-state index contributed by atoms with van der Waals surface area (Å²) in [5, 5.41) is 3.46.